The molecule has 2 aliphatic rings. The number of hydrogen-bond acceptors (Lipinski definition) is 6. The average Bonchev–Trinajstić information content (AvgIpc) is 3.50. The van der Waals surface area contributed by atoms with Crippen LogP contribution in [0, 0.1) is 12.7 Å². The summed E-state index contributed by atoms with van der Waals surface area (Å²) in [5.41, 5.74) is -0.00362. The van der Waals surface area contributed by atoms with Crippen molar-refractivity contribution >= 4 is 11.7 Å². The number of alkyl halides is 3. The van der Waals surface area contributed by atoms with Gasteiger partial charge in [0.1, 0.15) is 0 Å². The second kappa shape index (κ2) is 7.78. The number of aromatic nitrogens is 5. The van der Waals surface area contributed by atoms with Crippen LogP contribution < -0.4 is 5.32 Å². The van der Waals surface area contributed by atoms with Crippen LogP contribution in [0.1, 0.15) is 40.7 Å². The number of pyridine rings is 2. The van der Waals surface area contributed by atoms with E-state index in [0.29, 0.717) is 36.5 Å². The van der Waals surface area contributed by atoms with Gasteiger partial charge in [0.15, 0.2) is 17.5 Å². The van der Waals surface area contributed by atoms with Gasteiger partial charge in [0.2, 0.25) is 0 Å². The maximum absolute atomic E-state index is 14.3. The Hall–Kier alpha value is -3.57. The smallest absolute Gasteiger partial charge is 0.363 e. The summed E-state index contributed by atoms with van der Waals surface area (Å²) in [4.78, 5) is 24.6. The molecule has 172 valence electrons. The number of anilines is 1. The number of nitrogens with one attached hydrogen (secondary N) is 1. The van der Waals surface area contributed by atoms with Crippen LogP contribution in [0.3, 0.4) is 0 Å². The fourth-order valence-electron chi connectivity index (χ4n) is 4.68. The molecule has 0 spiro atoms. The highest BCUT2D eigenvalue weighted by molar-refractivity contribution is 5.98. The van der Waals surface area contributed by atoms with Gasteiger partial charge in [-0.2, -0.15) is 23.4 Å². The maximum atomic E-state index is 14.3. The maximum Gasteiger partial charge on any atom is 0.417 e. The van der Waals surface area contributed by atoms with Gasteiger partial charge in [0.05, 0.1) is 35.6 Å². The molecule has 0 aromatic carbocycles. The molecule has 12 heteroatoms. The third kappa shape index (κ3) is 3.79. The Morgan fingerprint density at radius 3 is 2.58 bits per heavy atom. The topological polar surface area (TPSA) is 88.8 Å². The first kappa shape index (κ1) is 21.3. The molecule has 5 heterocycles. The van der Waals surface area contributed by atoms with Crippen molar-refractivity contribution in [3.63, 3.8) is 0 Å². The van der Waals surface area contributed by atoms with E-state index in [4.69, 9.17) is 0 Å². The number of fused-ring (bicyclic) bond motifs is 2. The SMILES string of the molecule is Cc1cnc(-n2nccn2)c(C(=O)N2[C@@H]3CC[C@H]2[C@H](Nc2ncc(C(F)(F)F)cc2F)C3)c1. The van der Waals surface area contributed by atoms with Crippen molar-refractivity contribution in [1.82, 2.24) is 29.9 Å². The third-order valence-corrected chi connectivity index (χ3v) is 6.10. The molecule has 2 saturated heterocycles. The molecule has 3 aromatic heterocycles. The number of rotatable bonds is 4. The number of nitrogens with zero attached hydrogens (tertiary/aromatic N) is 6. The van der Waals surface area contributed by atoms with E-state index in [1.54, 1.807) is 17.2 Å². The lowest BCUT2D eigenvalue weighted by Crippen LogP contribution is -2.40. The van der Waals surface area contributed by atoms with Gasteiger partial charge >= 0.3 is 6.18 Å². The van der Waals surface area contributed by atoms with Crippen LogP contribution in [-0.2, 0) is 6.18 Å². The molecular formula is C21H19F4N7O. The predicted molar refractivity (Wildman–Crippen MR) is 108 cm³/mol. The summed E-state index contributed by atoms with van der Waals surface area (Å²) in [6, 6.07) is 1.47. The third-order valence-electron chi connectivity index (χ3n) is 6.10. The zero-order chi connectivity index (χ0) is 23.3. The highest BCUT2D eigenvalue weighted by Gasteiger charge is 2.49. The van der Waals surface area contributed by atoms with Crippen molar-refractivity contribution in [2.75, 3.05) is 5.32 Å². The Bertz CT molecular complexity index is 1200. The first-order valence-corrected chi connectivity index (χ1v) is 10.4. The molecule has 0 saturated carbocycles. The number of aryl methyl sites for hydroxylation is 1. The molecular weight excluding hydrogens is 442 g/mol. The molecule has 3 atom stereocenters. The van der Waals surface area contributed by atoms with Crippen LogP contribution in [0.15, 0.2) is 36.9 Å². The number of carbonyl (C=O) groups is 1. The first-order chi connectivity index (χ1) is 15.7. The van der Waals surface area contributed by atoms with E-state index >= 15 is 0 Å². The van der Waals surface area contributed by atoms with E-state index in [0.717, 1.165) is 12.0 Å². The van der Waals surface area contributed by atoms with E-state index < -0.39 is 17.6 Å². The molecule has 2 bridgehead atoms. The van der Waals surface area contributed by atoms with E-state index in [1.807, 2.05) is 6.92 Å². The second-order valence-electron chi connectivity index (χ2n) is 8.25. The largest absolute Gasteiger partial charge is 0.417 e. The van der Waals surface area contributed by atoms with Crippen molar-refractivity contribution in [1.29, 1.82) is 0 Å². The Morgan fingerprint density at radius 2 is 1.88 bits per heavy atom. The van der Waals surface area contributed by atoms with E-state index in [1.165, 1.54) is 17.2 Å². The Morgan fingerprint density at radius 1 is 1.12 bits per heavy atom. The predicted octanol–water partition coefficient (Wildman–Crippen LogP) is 3.38. The number of halogens is 4. The lowest BCUT2D eigenvalue weighted by molar-refractivity contribution is -0.138. The molecule has 3 aromatic rings. The number of amides is 1. The van der Waals surface area contributed by atoms with Gasteiger partial charge < -0.3 is 10.2 Å². The van der Waals surface area contributed by atoms with E-state index in [2.05, 4.69) is 25.5 Å². The summed E-state index contributed by atoms with van der Waals surface area (Å²) in [5.74, 6) is -1.27. The number of hydrogen-bond donors (Lipinski definition) is 1. The van der Waals surface area contributed by atoms with Gasteiger partial charge in [-0.25, -0.2) is 14.4 Å². The van der Waals surface area contributed by atoms with Crippen LogP contribution in [0.5, 0.6) is 0 Å². The standard InChI is InChI=1S/C21H19F4N7O/c1-11-6-14(19(27-9-11)32-28-4-5-29-32)20(33)31-13-2-3-17(31)16(8-13)30-18-15(22)7-12(10-26-18)21(23,24)25/h4-7,9-10,13,16-17H,2-3,8H2,1H3,(H,26,30)/t13-,16-,17+/m1/s1. The fourth-order valence-corrected chi connectivity index (χ4v) is 4.68. The van der Waals surface area contributed by atoms with Crippen molar-refractivity contribution in [2.24, 2.45) is 0 Å². The van der Waals surface area contributed by atoms with Gasteiger partial charge in [-0.15, -0.1) is 4.80 Å². The average molecular weight is 461 g/mol. The van der Waals surface area contributed by atoms with Crippen molar-refractivity contribution in [3.8, 4) is 5.82 Å². The van der Waals surface area contributed by atoms with E-state index in [-0.39, 0.29) is 29.9 Å². The Balaban J connectivity index is 1.40. The minimum atomic E-state index is -4.68. The Labute approximate surface area is 185 Å². The van der Waals surface area contributed by atoms with Crippen molar-refractivity contribution < 1.29 is 22.4 Å². The molecule has 1 amide bonds. The lowest BCUT2D eigenvalue weighted by atomic mass is 9.95. The molecule has 1 N–H and O–H groups in total. The highest BCUT2D eigenvalue weighted by atomic mass is 19.4. The molecule has 0 aliphatic carbocycles. The molecule has 8 nitrogen and oxygen atoms in total. The first-order valence-electron chi connectivity index (χ1n) is 10.4. The van der Waals surface area contributed by atoms with Crippen LogP contribution in [-0.4, -0.2) is 53.9 Å². The zero-order valence-electron chi connectivity index (χ0n) is 17.4. The normalized spacial score (nSPS) is 22.1. The van der Waals surface area contributed by atoms with Crippen molar-refractivity contribution in [2.45, 2.75) is 50.5 Å². The zero-order valence-corrected chi connectivity index (χ0v) is 17.4. The minimum Gasteiger partial charge on any atom is -0.363 e. The highest BCUT2D eigenvalue weighted by Crippen LogP contribution is 2.41. The molecule has 5 rings (SSSR count). The fraction of sp³-hybridized carbons (Fsp3) is 0.381. The van der Waals surface area contributed by atoms with Gasteiger partial charge in [-0.1, -0.05) is 0 Å². The van der Waals surface area contributed by atoms with Crippen molar-refractivity contribution in [3.05, 3.63) is 59.4 Å². The Kier molecular flexibility index (Phi) is 5.02. The van der Waals surface area contributed by atoms with Gasteiger partial charge in [-0.3, -0.25) is 4.79 Å². The summed E-state index contributed by atoms with van der Waals surface area (Å²) in [6.07, 6.45) is 2.53. The monoisotopic (exact) mass is 461 g/mol. The molecule has 2 fully saturated rings. The molecule has 0 radical (unpaired) electrons. The summed E-state index contributed by atoms with van der Waals surface area (Å²) in [7, 11) is 0. The van der Waals surface area contributed by atoms with Crippen LogP contribution in [0.25, 0.3) is 5.82 Å². The molecule has 33 heavy (non-hydrogen) atoms. The molecule has 2 aliphatic heterocycles. The van der Waals surface area contributed by atoms with Gasteiger partial charge in [0, 0.05) is 18.4 Å². The summed E-state index contributed by atoms with van der Waals surface area (Å²) < 4.78 is 52.7. The lowest BCUT2D eigenvalue weighted by Gasteiger charge is -2.26. The van der Waals surface area contributed by atoms with Crippen LogP contribution >= 0.6 is 0 Å². The van der Waals surface area contributed by atoms with Crippen LogP contribution in [0.2, 0.25) is 0 Å². The summed E-state index contributed by atoms with van der Waals surface area (Å²) in [5, 5.41) is 11.1. The minimum absolute atomic E-state index is 0.0866. The molecule has 0 unspecified atom stereocenters. The second-order valence-corrected chi connectivity index (χ2v) is 8.25. The van der Waals surface area contributed by atoms with Gasteiger partial charge in [-0.05, 0) is 43.9 Å². The summed E-state index contributed by atoms with van der Waals surface area (Å²) >= 11 is 0. The van der Waals surface area contributed by atoms with Gasteiger partial charge in [0.25, 0.3) is 5.91 Å². The van der Waals surface area contributed by atoms with E-state index in [9.17, 15) is 22.4 Å². The quantitative estimate of drug-likeness (QED) is 0.600. The van der Waals surface area contributed by atoms with Crippen LogP contribution in [0.4, 0.5) is 23.4 Å². The summed E-state index contributed by atoms with van der Waals surface area (Å²) in [6.45, 7) is 1.83. The number of carbonyl (C=O) groups excluding carboxylic acids is 1.